The van der Waals surface area contributed by atoms with E-state index in [4.69, 9.17) is 27.9 Å². The molecular formula is C20H17Cl2N3O4. The number of benzene rings is 1. The van der Waals surface area contributed by atoms with Crippen molar-refractivity contribution < 1.29 is 19.1 Å². The van der Waals surface area contributed by atoms with E-state index >= 15 is 0 Å². The number of ether oxygens (including phenoxy) is 1. The molecule has 0 aliphatic carbocycles. The van der Waals surface area contributed by atoms with Gasteiger partial charge in [-0.2, -0.15) is 0 Å². The summed E-state index contributed by atoms with van der Waals surface area (Å²) in [5.41, 5.74) is -0.470. The van der Waals surface area contributed by atoms with Crippen LogP contribution in [0.3, 0.4) is 0 Å². The molecule has 0 spiro atoms. The number of hydrogen-bond acceptors (Lipinski definition) is 5. The highest BCUT2D eigenvalue weighted by Crippen LogP contribution is 2.32. The fraction of sp³-hybridized carbons (Fsp3) is 0.200. The van der Waals surface area contributed by atoms with Crippen molar-refractivity contribution in [2.45, 2.75) is 26.4 Å². The largest absolute Gasteiger partial charge is 0.450 e. The van der Waals surface area contributed by atoms with Crippen LogP contribution in [0, 0.1) is 0 Å². The van der Waals surface area contributed by atoms with Gasteiger partial charge in [-0.05, 0) is 44.2 Å². The highest BCUT2D eigenvalue weighted by molar-refractivity contribution is 6.32. The molecule has 1 aromatic carbocycles. The van der Waals surface area contributed by atoms with Gasteiger partial charge >= 0.3 is 5.97 Å². The Bertz CT molecular complexity index is 1140. The number of halogens is 2. The number of ketones is 1. The first kappa shape index (κ1) is 20.8. The lowest BCUT2D eigenvalue weighted by atomic mass is 10.1. The third kappa shape index (κ3) is 4.41. The quantitative estimate of drug-likeness (QED) is 0.459. The van der Waals surface area contributed by atoms with Crippen LogP contribution in [0.4, 0.5) is 5.69 Å². The molecule has 9 heteroatoms. The number of nitrogens with one attached hydrogen (secondary N) is 2. The van der Waals surface area contributed by atoms with E-state index in [1.54, 1.807) is 24.3 Å². The smallest absolute Gasteiger partial charge is 0.303 e. The first-order valence-corrected chi connectivity index (χ1v) is 9.32. The van der Waals surface area contributed by atoms with Crippen molar-refractivity contribution in [3.8, 4) is 0 Å². The van der Waals surface area contributed by atoms with Gasteiger partial charge in [0, 0.05) is 34.1 Å². The summed E-state index contributed by atoms with van der Waals surface area (Å²) in [7, 11) is 0. The number of H-pyrrole nitrogens is 1. The minimum Gasteiger partial charge on any atom is -0.450 e. The van der Waals surface area contributed by atoms with Gasteiger partial charge in [-0.3, -0.25) is 19.4 Å². The highest BCUT2D eigenvalue weighted by atomic mass is 35.5. The number of anilines is 1. The summed E-state index contributed by atoms with van der Waals surface area (Å²) < 4.78 is 5.08. The molecule has 0 radical (unpaired) electrons. The molecule has 0 saturated carbocycles. The number of aromatic nitrogens is 2. The van der Waals surface area contributed by atoms with Gasteiger partial charge in [0.25, 0.3) is 5.91 Å². The fourth-order valence-corrected chi connectivity index (χ4v) is 3.13. The van der Waals surface area contributed by atoms with Gasteiger partial charge in [0.05, 0.1) is 5.69 Å². The number of aromatic amines is 1. The minimum atomic E-state index is -1.45. The third-order valence-corrected chi connectivity index (χ3v) is 4.60. The summed E-state index contributed by atoms with van der Waals surface area (Å²) in [5, 5.41) is 4.06. The average molecular weight is 434 g/mol. The highest BCUT2D eigenvalue weighted by Gasteiger charge is 2.33. The van der Waals surface area contributed by atoms with Crippen LogP contribution in [0.1, 0.15) is 37.0 Å². The number of fused-ring (bicyclic) bond motifs is 1. The van der Waals surface area contributed by atoms with E-state index in [9.17, 15) is 14.4 Å². The zero-order valence-electron chi connectivity index (χ0n) is 15.8. The Hall–Kier alpha value is -2.90. The monoisotopic (exact) mass is 433 g/mol. The second kappa shape index (κ2) is 7.85. The number of carbonyl (C=O) groups excluding carboxylic acids is 3. The van der Waals surface area contributed by atoms with Crippen LogP contribution >= 0.6 is 23.2 Å². The summed E-state index contributed by atoms with van der Waals surface area (Å²) in [5.74, 6) is -1.67. The number of rotatable bonds is 5. The Labute approximate surface area is 176 Å². The average Bonchev–Trinajstić information content (AvgIpc) is 2.97. The molecule has 29 heavy (non-hydrogen) atoms. The third-order valence-electron chi connectivity index (χ3n) is 4.13. The normalized spacial score (nSPS) is 11.3. The number of esters is 1. The van der Waals surface area contributed by atoms with E-state index in [1.807, 2.05) is 0 Å². The van der Waals surface area contributed by atoms with Crippen molar-refractivity contribution in [3.63, 3.8) is 0 Å². The van der Waals surface area contributed by atoms with Crippen LogP contribution < -0.4 is 5.32 Å². The van der Waals surface area contributed by atoms with Crippen LogP contribution in [0.2, 0.25) is 10.0 Å². The minimum absolute atomic E-state index is 0.101. The summed E-state index contributed by atoms with van der Waals surface area (Å²) >= 11 is 12.0. The molecular weight excluding hydrogens is 417 g/mol. The second-order valence-corrected chi connectivity index (χ2v) is 7.68. The molecule has 2 heterocycles. The maximum absolute atomic E-state index is 13.1. The molecule has 2 N–H and O–H groups in total. The topological polar surface area (TPSA) is 101 Å². The van der Waals surface area contributed by atoms with Crippen LogP contribution in [-0.2, 0) is 14.3 Å². The predicted molar refractivity (Wildman–Crippen MR) is 110 cm³/mol. The van der Waals surface area contributed by atoms with Crippen molar-refractivity contribution in [2.24, 2.45) is 0 Å². The van der Waals surface area contributed by atoms with Gasteiger partial charge in [-0.15, -0.1) is 0 Å². The summed E-state index contributed by atoms with van der Waals surface area (Å²) in [4.78, 5) is 44.2. The van der Waals surface area contributed by atoms with Crippen molar-refractivity contribution in [2.75, 3.05) is 5.32 Å². The van der Waals surface area contributed by atoms with E-state index in [1.165, 1.54) is 33.0 Å². The molecule has 1 amide bonds. The van der Waals surface area contributed by atoms with Crippen LogP contribution in [0.25, 0.3) is 10.9 Å². The Morgan fingerprint density at radius 1 is 1.10 bits per heavy atom. The molecule has 0 bridgehead atoms. The van der Waals surface area contributed by atoms with Crippen molar-refractivity contribution >= 4 is 57.5 Å². The molecule has 150 valence electrons. The maximum Gasteiger partial charge on any atom is 0.303 e. The van der Waals surface area contributed by atoms with Gasteiger partial charge in [0.1, 0.15) is 11.4 Å². The molecule has 7 nitrogen and oxygen atoms in total. The Kier molecular flexibility index (Phi) is 5.64. The SMILES string of the molecule is CC(=O)OC(C)(C)C(=O)Nc1c(C(=O)c2cc(Cl)ccn2)[nH]c2cc(Cl)ccc12. The zero-order valence-corrected chi connectivity index (χ0v) is 17.3. The zero-order chi connectivity index (χ0) is 21.3. The lowest BCUT2D eigenvalue weighted by molar-refractivity contribution is -0.160. The maximum atomic E-state index is 13.1. The van der Waals surface area contributed by atoms with E-state index < -0.39 is 23.3 Å². The van der Waals surface area contributed by atoms with Gasteiger partial charge in [0.2, 0.25) is 5.78 Å². The first-order chi connectivity index (χ1) is 13.6. The van der Waals surface area contributed by atoms with Crippen molar-refractivity contribution in [1.82, 2.24) is 9.97 Å². The summed E-state index contributed by atoms with van der Waals surface area (Å²) in [6.07, 6.45) is 1.41. The summed E-state index contributed by atoms with van der Waals surface area (Å²) in [6, 6.07) is 7.91. The van der Waals surface area contributed by atoms with Crippen molar-refractivity contribution in [1.29, 1.82) is 0 Å². The number of pyridine rings is 1. The predicted octanol–water partition coefficient (Wildman–Crippen LogP) is 4.38. The van der Waals surface area contributed by atoms with Crippen LogP contribution in [-0.4, -0.2) is 33.2 Å². The van der Waals surface area contributed by atoms with E-state index in [0.29, 0.717) is 20.9 Å². The van der Waals surface area contributed by atoms with Crippen molar-refractivity contribution in [3.05, 3.63) is 58.0 Å². The molecule has 0 saturated heterocycles. The molecule has 0 aliphatic heterocycles. The van der Waals surface area contributed by atoms with Crippen LogP contribution in [0.15, 0.2) is 36.5 Å². The second-order valence-electron chi connectivity index (χ2n) is 6.81. The van der Waals surface area contributed by atoms with E-state index in [0.717, 1.165) is 0 Å². The molecule has 3 rings (SSSR count). The number of nitrogens with zero attached hydrogens (tertiary/aromatic N) is 1. The number of hydrogen-bond donors (Lipinski definition) is 2. The standard InChI is InChI=1S/C20H17Cl2N3O4/c1-10(26)29-20(2,3)19(28)25-16-13-5-4-11(21)8-14(13)24-17(16)18(27)15-9-12(22)6-7-23-15/h4-9,24H,1-3H3,(H,25,28). The Morgan fingerprint density at radius 3 is 2.45 bits per heavy atom. The van der Waals surface area contributed by atoms with Gasteiger partial charge < -0.3 is 15.0 Å². The fourth-order valence-electron chi connectivity index (χ4n) is 2.80. The van der Waals surface area contributed by atoms with Gasteiger partial charge in [-0.25, -0.2) is 0 Å². The van der Waals surface area contributed by atoms with Crippen LogP contribution in [0.5, 0.6) is 0 Å². The van der Waals surface area contributed by atoms with E-state index in [-0.39, 0.29) is 17.1 Å². The molecule has 0 aliphatic rings. The molecule has 3 aromatic rings. The molecule has 0 fully saturated rings. The number of amides is 1. The lowest BCUT2D eigenvalue weighted by Gasteiger charge is -2.23. The Morgan fingerprint density at radius 2 is 1.79 bits per heavy atom. The molecule has 2 aromatic heterocycles. The lowest BCUT2D eigenvalue weighted by Crippen LogP contribution is -2.41. The molecule has 0 unspecified atom stereocenters. The van der Waals surface area contributed by atoms with E-state index in [2.05, 4.69) is 15.3 Å². The summed E-state index contributed by atoms with van der Waals surface area (Å²) in [6.45, 7) is 4.12. The molecule has 0 atom stereocenters. The number of carbonyl (C=O) groups is 3. The van der Waals surface area contributed by atoms with Gasteiger partial charge in [-0.1, -0.05) is 23.2 Å². The van der Waals surface area contributed by atoms with Gasteiger partial charge in [0.15, 0.2) is 5.60 Å². The Balaban J connectivity index is 2.09. The first-order valence-electron chi connectivity index (χ1n) is 8.57.